The topological polar surface area (TPSA) is 29.0 Å². The predicted molar refractivity (Wildman–Crippen MR) is 67.5 cm³/mol. The van der Waals surface area contributed by atoms with Crippen molar-refractivity contribution in [2.45, 2.75) is 40.0 Å². The number of aromatic nitrogens is 2. The summed E-state index contributed by atoms with van der Waals surface area (Å²) < 4.78 is 0. The third-order valence-corrected chi connectivity index (χ3v) is 2.71. The van der Waals surface area contributed by atoms with Crippen molar-refractivity contribution < 1.29 is 0 Å². The zero-order valence-corrected chi connectivity index (χ0v) is 10.7. The molecule has 0 aliphatic heterocycles. The monoisotopic (exact) mass is 221 g/mol. The van der Waals surface area contributed by atoms with E-state index >= 15 is 0 Å². The van der Waals surface area contributed by atoms with Gasteiger partial charge in [0.05, 0.1) is 0 Å². The molecule has 0 saturated heterocycles. The highest BCUT2D eigenvalue weighted by molar-refractivity contribution is 4.99. The number of nitrogens with zero attached hydrogens (tertiary/aromatic N) is 3. The number of hydrogen-bond acceptors (Lipinski definition) is 3. The third-order valence-electron chi connectivity index (χ3n) is 2.71. The van der Waals surface area contributed by atoms with Crippen molar-refractivity contribution in [3.63, 3.8) is 0 Å². The normalized spacial score (nSPS) is 11.0. The molecule has 1 heterocycles. The zero-order chi connectivity index (χ0) is 11.8. The lowest BCUT2D eigenvalue weighted by atomic mass is 10.2. The lowest BCUT2D eigenvalue weighted by Crippen LogP contribution is -2.25. The van der Waals surface area contributed by atoms with Gasteiger partial charge in [-0.1, -0.05) is 13.8 Å². The minimum Gasteiger partial charge on any atom is -0.304 e. The number of hydrogen-bond donors (Lipinski definition) is 0. The van der Waals surface area contributed by atoms with E-state index in [1.165, 1.54) is 13.0 Å². The van der Waals surface area contributed by atoms with Crippen LogP contribution in [0.4, 0.5) is 0 Å². The van der Waals surface area contributed by atoms with Gasteiger partial charge in [0, 0.05) is 18.3 Å². The highest BCUT2D eigenvalue weighted by atomic mass is 15.1. The maximum absolute atomic E-state index is 4.41. The van der Waals surface area contributed by atoms with Crippen molar-refractivity contribution in [2.24, 2.45) is 0 Å². The molecule has 0 spiro atoms. The summed E-state index contributed by atoms with van der Waals surface area (Å²) in [5, 5.41) is 0. The summed E-state index contributed by atoms with van der Waals surface area (Å²) in [5.74, 6) is 0.979. The first-order chi connectivity index (χ1) is 7.76. The lowest BCUT2D eigenvalue weighted by Gasteiger charge is -2.18. The van der Waals surface area contributed by atoms with Gasteiger partial charge in [-0.05, 0) is 45.5 Å². The summed E-state index contributed by atoms with van der Waals surface area (Å²) in [6.45, 7) is 9.96. The van der Waals surface area contributed by atoms with Crippen LogP contribution in [0.5, 0.6) is 0 Å². The summed E-state index contributed by atoms with van der Waals surface area (Å²) in [4.78, 5) is 11.2. The van der Waals surface area contributed by atoms with Crippen LogP contribution in [0.1, 0.15) is 38.2 Å². The van der Waals surface area contributed by atoms with Gasteiger partial charge in [-0.15, -0.1) is 0 Å². The van der Waals surface area contributed by atoms with Crippen LogP contribution in [0.25, 0.3) is 0 Å². The molecule has 16 heavy (non-hydrogen) atoms. The highest BCUT2D eigenvalue weighted by Crippen LogP contribution is 2.00. The number of rotatable bonds is 7. The van der Waals surface area contributed by atoms with Gasteiger partial charge in [-0.25, -0.2) is 9.97 Å². The van der Waals surface area contributed by atoms with Crippen molar-refractivity contribution in [3.8, 4) is 0 Å². The average molecular weight is 221 g/mol. The smallest absolute Gasteiger partial charge is 0.128 e. The van der Waals surface area contributed by atoms with Crippen molar-refractivity contribution in [1.29, 1.82) is 0 Å². The van der Waals surface area contributed by atoms with Crippen molar-refractivity contribution >= 4 is 0 Å². The standard InChI is InChI=1S/C13H23N3/c1-4-10-16(5-2)11-6-7-13-14-9-8-12(3)15-13/h8-9H,4-7,10-11H2,1-3H3. The van der Waals surface area contributed by atoms with E-state index in [-0.39, 0.29) is 0 Å². The fraction of sp³-hybridized carbons (Fsp3) is 0.692. The molecule has 0 radical (unpaired) electrons. The van der Waals surface area contributed by atoms with Crippen LogP contribution in [0.3, 0.4) is 0 Å². The Morgan fingerprint density at radius 1 is 1.25 bits per heavy atom. The second kappa shape index (κ2) is 7.34. The van der Waals surface area contributed by atoms with E-state index in [9.17, 15) is 0 Å². The maximum Gasteiger partial charge on any atom is 0.128 e. The molecule has 3 nitrogen and oxygen atoms in total. The Bertz CT molecular complexity index is 299. The van der Waals surface area contributed by atoms with E-state index in [1.807, 2.05) is 19.2 Å². The van der Waals surface area contributed by atoms with Crippen LogP contribution in [0.2, 0.25) is 0 Å². The largest absolute Gasteiger partial charge is 0.304 e. The molecule has 0 amide bonds. The summed E-state index contributed by atoms with van der Waals surface area (Å²) in [6.07, 6.45) is 5.22. The van der Waals surface area contributed by atoms with Gasteiger partial charge in [0.15, 0.2) is 0 Å². The number of aryl methyl sites for hydroxylation is 2. The van der Waals surface area contributed by atoms with Gasteiger partial charge in [-0.2, -0.15) is 0 Å². The zero-order valence-electron chi connectivity index (χ0n) is 10.7. The Labute approximate surface area is 98.9 Å². The third kappa shape index (κ3) is 4.71. The van der Waals surface area contributed by atoms with Crippen LogP contribution in [0.15, 0.2) is 12.3 Å². The van der Waals surface area contributed by atoms with Gasteiger partial charge in [0.1, 0.15) is 5.82 Å². The molecule has 0 atom stereocenters. The summed E-state index contributed by atoms with van der Waals surface area (Å²) in [5.41, 5.74) is 1.06. The Kier molecular flexibility index (Phi) is 6.01. The van der Waals surface area contributed by atoms with E-state index in [2.05, 4.69) is 28.7 Å². The summed E-state index contributed by atoms with van der Waals surface area (Å²) >= 11 is 0. The minimum absolute atomic E-state index is 0.979. The minimum atomic E-state index is 0.979. The first kappa shape index (κ1) is 13.1. The van der Waals surface area contributed by atoms with E-state index in [4.69, 9.17) is 0 Å². The predicted octanol–water partition coefficient (Wildman–Crippen LogP) is 2.45. The molecular formula is C13H23N3. The Morgan fingerprint density at radius 3 is 2.69 bits per heavy atom. The molecule has 1 aromatic rings. The lowest BCUT2D eigenvalue weighted by molar-refractivity contribution is 0.284. The van der Waals surface area contributed by atoms with Gasteiger partial charge in [-0.3, -0.25) is 0 Å². The molecule has 1 rings (SSSR count). The van der Waals surface area contributed by atoms with Gasteiger partial charge < -0.3 is 4.90 Å². The molecule has 1 aromatic heterocycles. The fourth-order valence-electron chi connectivity index (χ4n) is 1.83. The molecule has 90 valence electrons. The van der Waals surface area contributed by atoms with Crippen LogP contribution < -0.4 is 0 Å². The van der Waals surface area contributed by atoms with E-state index in [0.717, 1.165) is 37.4 Å². The quantitative estimate of drug-likeness (QED) is 0.708. The molecule has 0 fully saturated rings. The van der Waals surface area contributed by atoms with Crippen molar-refractivity contribution in [1.82, 2.24) is 14.9 Å². The SMILES string of the molecule is CCCN(CC)CCCc1nccc(C)n1. The van der Waals surface area contributed by atoms with E-state index in [1.54, 1.807) is 0 Å². The van der Waals surface area contributed by atoms with Crippen LogP contribution in [-0.2, 0) is 6.42 Å². The molecular weight excluding hydrogens is 198 g/mol. The first-order valence-corrected chi connectivity index (χ1v) is 6.27. The van der Waals surface area contributed by atoms with Crippen molar-refractivity contribution in [2.75, 3.05) is 19.6 Å². The van der Waals surface area contributed by atoms with E-state index in [0.29, 0.717) is 0 Å². The molecule has 0 aliphatic carbocycles. The fourth-order valence-corrected chi connectivity index (χ4v) is 1.83. The summed E-state index contributed by atoms with van der Waals surface area (Å²) in [7, 11) is 0. The Morgan fingerprint density at radius 2 is 2.06 bits per heavy atom. The van der Waals surface area contributed by atoms with Gasteiger partial charge in [0.2, 0.25) is 0 Å². The van der Waals surface area contributed by atoms with Crippen LogP contribution in [-0.4, -0.2) is 34.5 Å². The van der Waals surface area contributed by atoms with Crippen LogP contribution >= 0.6 is 0 Å². The summed E-state index contributed by atoms with van der Waals surface area (Å²) in [6, 6.07) is 1.94. The molecule has 0 aliphatic rings. The second-order valence-corrected chi connectivity index (χ2v) is 4.15. The average Bonchev–Trinajstić information content (AvgIpc) is 2.28. The first-order valence-electron chi connectivity index (χ1n) is 6.27. The molecule has 3 heteroatoms. The molecule has 0 unspecified atom stereocenters. The van der Waals surface area contributed by atoms with Crippen LogP contribution in [0, 0.1) is 6.92 Å². The second-order valence-electron chi connectivity index (χ2n) is 4.15. The van der Waals surface area contributed by atoms with E-state index < -0.39 is 0 Å². The molecule has 0 bridgehead atoms. The van der Waals surface area contributed by atoms with Crippen molar-refractivity contribution in [3.05, 3.63) is 23.8 Å². The molecule has 0 saturated carbocycles. The van der Waals surface area contributed by atoms with Gasteiger partial charge in [0.25, 0.3) is 0 Å². The molecule has 0 aromatic carbocycles. The molecule has 0 N–H and O–H groups in total. The Hall–Kier alpha value is -0.960. The Balaban J connectivity index is 2.29. The maximum atomic E-state index is 4.41. The highest BCUT2D eigenvalue weighted by Gasteiger charge is 2.02. The van der Waals surface area contributed by atoms with Gasteiger partial charge >= 0.3 is 0 Å².